The average molecular weight is 316 g/mol. The standard InChI is InChI=1S/C15H24O7/c1-14(9-13(18)20-4,15(2)21-7-8-22-15)11(10-16)5-6-12(17)19-3/h10-11H,5-9H2,1-4H3/t11-,14+/m1/s1. The SMILES string of the molecule is COC(=O)CC[C@H](C=O)[C@](C)(CC(=O)OC)C1(C)OCCO1. The summed E-state index contributed by atoms with van der Waals surface area (Å²) < 4.78 is 20.7. The van der Waals surface area contributed by atoms with E-state index < -0.39 is 29.1 Å². The van der Waals surface area contributed by atoms with Gasteiger partial charge in [-0.15, -0.1) is 0 Å². The van der Waals surface area contributed by atoms with Crippen molar-refractivity contribution < 1.29 is 33.3 Å². The molecule has 0 aliphatic carbocycles. The number of rotatable bonds is 8. The zero-order valence-electron chi connectivity index (χ0n) is 13.5. The lowest BCUT2D eigenvalue weighted by Gasteiger charge is -2.44. The second-order valence-electron chi connectivity index (χ2n) is 5.67. The largest absolute Gasteiger partial charge is 0.469 e. The Balaban J connectivity index is 3.02. The van der Waals surface area contributed by atoms with Crippen LogP contribution in [0.5, 0.6) is 0 Å². The van der Waals surface area contributed by atoms with E-state index in [9.17, 15) is 14.4 Å². The molecule has 7 heteroatoms. The summed E-state index contributed by atoms with van der Waals surface area (Å²) in [6.07, 6.45) is 1.01. The number of carbonyl (C=O) groups is 3. The summed E-state index contributed by atoms with van der Waals surface area (Å²) in [5, 5.41) is 0. The molecule has 0 saturated carbocycles. The predicted octanol–water partition coefficient (Wildman–Crippen LogP) is 1.09. The number of methoxy groups -OCH3 is 2. The molecule has 1 rings (SSSR count). The van der Waals surface area contributed by atoms with Crippen molar-refractivity contribution in [2.45, 2.75) is 38.9 Å². The van der Waals surface area contributed by atoms with Crippen molar-refractivity contribution in [3.05, 3.63) is 0 Å². The van der Waals surface area contributed by atoms with Crippen LogP contribution in [0.1, 0.15) is 33.1 Å². The molecule has 126 valence electrons. The Morgan fingerprint density at radius 3 is 2.23 bits per heavy atom. The molecular weight excluding hydrogens is 292 g/mol. The Morgan fingerprint density at radius 1 is 1.23 bits per heavy atom. The molecule has 1 aliphatic rings. The van der Waals surface area contributed by atoms with Gasteiger partial charge in [0.15, 0.2) is 5.79 Å². The zero-order chi connectivity index (χ0) is 16.8. The maximum atomic E-state index is 11.8. The van der Waals surface area contributed by atoms with Crippen molar-refractivity contribution in [3.8, 4) is 0 Å². The molecule has 1 aliphatic heterocycles. The molecule has 1 saturated heterocycles. The van der Waals surface area contributed by atoms with Gasteiger partial charge in [-0.2, -0.15) is 0 Å². The highest BCUT2D eigenvalue weighted by Gasteiger charge is 2.55. The first-order valence-electron chi connectivity index (χ1n) is 7.20. The van der Waals surface area contributed by atoms with Gasteiger partial charge >= 0.3 is 11.9 Å². The van der Waals surface area contributed by atoms with E-state index in [4.69, 9.17) is 14.2 Å². The monoisotopic (exact) mass is 316 g/mol. The molecule has 0 unspecified atom stereocenters. The van der Waals surface area contributed by atoms with Crippen LogP contribution in [-0.2, 0) is 33.3 Å². The summed E-state index contributed by atoms with van der Waals surface area (Å²) in [5.74, 6) is -2.59. The number of aldehydes is 1. The summed E-state index contributed by atoms with van der Waals surface area (Å²) in [4.78, 5) is 34.8. The lowest BCUT2D eigenvalue weighted by molar-refractivity contribution is -0.238. The van der Waals surface area contributed by atoms with Gasteiger partial charge in [-0.25, -0.2) is 0 Å². The van der Waals surface area contributed by atoms with E-state index in [0.717, 1.165) is 6.29 Å². The number of hydrogen-bond donors (Lipinski definition) is 0. The molecule has 0 aromatic carbocycles. The molecule has 0 N–H and O–H groups in total. The fourth-order valence-electron chi connectivity index (χ4n) is 2.76. The molecule has 1 heterocycles. The van der Waals surface area contributed by atoms with Crippen molar-refractivity contribution in [1.82, 2.24) is 0 Å². The van der Waals surface area contributed by atoms with Gasteiger partial charge in [-0.3, -0.25) is 9.59 Å². The van der Waals surface area contributed by atoms with Crippen LogP contribution in [0.15, 0.2) is 0 Å². The molecule has 0 amide bonds. The van der Waals surface area contributed by atoms with Crippen LogP contribution in [-0.4, -0.2) is 51.4 Å². The van der Waals surface area contributed by atoms with Crippen molar-refractivity contribution in [3.63, 3.8) is 0 Å². The van der Waals surface area contributed by atoms with Crippen molar-refractivity contribution in [2.75, 3.05) is 27.4 Å². The second kappa shape index (κ2) is 7.69. The highest BCUT2D eigenvalue weighted by molar-refractivity contribution is 5.72. The first-order valence-corrected chi connectivity index (χ1v) is 7.20. The summed E-state index contributed by atoms with van der Waals surface area (Å²) in [7, 11) is 2.57. The van der Waals surface area contributed by atoms with Gasteiger partial charge in [0, 0.05) is 17.8 Å². The summed E-state index contributed by atoms with van der Waals surface area (Å²) in [6, 6.07) is 0. The van der Waals surface area contributed by atoms with Crippen LogP contribution < -0.4 is 0 Å². The van der Waals surface area contributed by atoms with Crippen LogP contribution in [0.2, 0.25) is 0 Å². The van der Waals surface area contributed by atoms with Crippen LogP contribution in [0.4, 0.5) is 0 Å². The lowest BCUT2D eigenvalue weighted by Crippen LogP contribution is -2.51. The van der Waals surface area contributed by atoms with Crippen molar-refractivity contribution in [2.24, 2.45) is 11.3 Å². The van der Waals surface area contributed by atoms with Gasteiger partial charge in [0.25, 0.3) is 0 Å². The van der Waals surface area contributed by atoms with Crippen LogP contribution >= 0.6 is 0 Å². The fraction of sp³-hybridized carbons (Fsp3) is 0.800. The summed E-state index contributed by atoms with van der Waals surface area (Å²) in [6.45, 7) is 4.22. The Labute approximate surface area is 130 Å². The van der Waals surface area contributed by atoms with Crippen molar-refractivity contribution >= 4 is 18.2 Å². The third-order valence-electron chi connectivity index (χ3n) is 4.48. The van der Waals surface area contributed by atoms with E-state index in [1.54, 1.807) is 13.8 Å². The van der Waals surface area contributed by atoms with Gasteiger partial charge in [-0.05, 0) is 13.3 Å². The fourth-order valence-corrected chi connectivity index (χ4v) is 2.76. The van der Waals surface area contributed by atoms with Gasteiger partial charge in [0.1, 0.15) is 6.29 Å². The summed E-state index contributed by atoms with van der Waals surface area (Å²) in [5.41, 5.74) is -0.952. The Kier molecular flexibility index (Phi) is 6.49. The smallest absolute Gasteiger partial charge is 0.306 e. The molecule has 1 fully saturated rings. The van der Waals surface area contributed by atoms with Gasteiger partial charge in [0.2, 0.25) is 0 Å². The Bertz CT molecular complexity index is 414. The molecule has 0 radical (unpaired) electrons. The molecule has 0 bridgehead atoms. The number of hydrogen-bond acceptors (Lipinski definition) is 7. The molecule has 7 nitrogen and oxygen atoms in total. The van der Waals surface area contributed by atoms with E-state index >= 15 is 0 Å². The lowest BCUT2D eigenvalue weighted by atomic mass is 9.67. The Hall–Kier alpha value is -1.47. The third kappa shape index (κ3) is 3.84. The van der Waals surface area contributed by atoms with Crippen LogP contribution in [0.25, 0.3) is 0 Å². The topological polar surface area (TPSA) is 88.1 Å². The molecule has 2 atom stereocenters. The highest BCUT2D eigenvalue weighted by Crippen LogP contribution is 2.47. The number of ether oxygens (including phenoxy) is 4. The highest BCUT2D eigenvalue weighted by atomic mass is 16.7. The molecule has 0 aromatic rings. The van der Waals surface area contributed by atoms with E-state index in [0.29, 0.717) is 13.2 Å². The minimum absolute atomic E-state index is 0.0510. The molecule has 0 spiro atoms. The minimum atomic E-state index is -1.09. The maximum Gasteiger partial charge on any atom is 0.306 e. The predicted molar refractivity (Wildman–Crippen MR) is 75.9 cm³/mol. The molecule has 22 heavy (non-hydrogen) atoms. The normalized spacial score (nSPS) is 20.7. The number of esters is 2. The minimum Gasteiger partial charge on any atom is -0.469 e. The second-order valence-corrected chi connectivity index (χ2v) is 5.67. The quantitative estimate of drug-likeness (QED) is 0.489. The first-order chi connectivity index (χ1) is 10.3. The maximum absolute atomic E-state index is 11.8. The molecular formula is C15H24O7. The number of carbonyl (C=O) groups excluding carboxylic acids is 3. The third-order valence-corrected chi connectivity index (χ3v) is 4.48. The van der Waals surface area contributed by atoms with Crippen LogP contribution in [0, 0.1) is 11.3 Å². The average Bonchev–Trinajstić information content (AvgIpc) is 2.95. The van der Waals surface area contributed by atoms with E-state index in [1.807, 2.05) is 0 Å². The first kappa shape index (κ1) is 18.6. The van der Waals surface area contributed by atoms with Gasteiger partial charge in [-0.1, -0.05) is 6.92 Å². The zero-order valence-corrected chi connectivity index (χ0v) is 13.5. The van der Waals surface area contributed by atoms with Gasteiger partial charge in [0.05, 0.1) is 33.9 Å². The van der Waals surface area contributed by atoms with Crippen LogP contribution in [0.3, 0.4) is 0 Å². The van der Waals surface area contributed by atoms with Gasteiger partial charge < -0.3 is 23.7 Å². The summed E-state index contributed by atoms with van der Waals surface area (Å²) >= 11 is 0. The Morgan fingerprint density at radius 2 is 1.77 bits per heavy atom. The van der Waals surface area contributed by atoms with E-state index in [-0.39, 0.29) is 19.3 Å². The van der Waals surface area contributed by atoms with Crippen molar-refractivity contribution in [1.29, 1.82) is 0 Å². The molecule has 0 aromatic heterocycles. The van der Waals surface area contributed by atoms with E-state index in [2.05, 4.69) is 4.74 Å². The van der Waals surface area contributed by atoms with E-state index in [1.165, 1.54) is 14.2 Å².